The van der Waals surface area contributed by atoms with Crippen LogP contribution in [0.2, 0.25) is 0 Å². The van der Waals surface area contributed by atoms with Crippen molar-refractivity contribution in [3.8, 4) is 5.75 Å². The summed E-state index contributed by atoms with van der Waals surface area (Å²) in [6.45, 7) is 3.71. The average molecular weight is 388 g/mol. The molecule has 0 bridgehead atoms. The normalized spacial score (nSPS) is 22.3. The van der Waals surface area contributed by atoms with Crippen LogP contribution in [0.3, 0.4) is 0 Å². The highest BCUT2D eigenvalue weighted by Crippen LogP contribution is 2.25. The molecule has 8 heteroatoms. The van der Waals surface area contributed by atoms with Crippen LogP contribution in [-0.4, -0.2) is 65.8 Å². The highest BCUT2D eigenvalue weighted by atomic mass is 32.2. The molecule has 0 spiro atoms. The summed E-state index contributed by atoms with van der Waals surface area (Å²) in [5.41, 5.74) is 0.401. The van der Waals surface area contributed by atoms with Crippen LogP contribution in [-0.2, 0) is 0 Å². The number of halogens is 3. The van der Waals surface area contributed by atoms with Crippen molar-refractivity contribution in [2.75, 3.05) is 37.7 Å². The van der Waals surface area contributed by atoms with Gasteiger partial charge in [0.25, 0.3) is 5.91 Å². The van der Waals surface area contributed by atoms with E-state index in [-0.39, 0.29) is 17.7 Å². The van der Waals surface area contributed by atoms with E-state index in [1.54, 1.807) is 0 Å². The van der Waals surface area contributed by atoms with Crippen molar-refractivity contribution in [2.45, 2.75) is 31.7 Å². The van der Waals surface area contributed by atoms with Gasteiger partial charge in [-0.05, 0) is 62.4 Å². The zero-order valence-corrected chi connectivity index (χ0v) is 15.3. The molecule has 0 N–H and O–H groups in total. The minimum Gasteiger partial charge on any atom is -0.406 e. The van der Waals surface area contributed by atoms with Gasteiger partial charge in [-0.1, -0.05) is 0 Å². The fraction of sp³-hybridized carbons (Fsp3) is 0.611. The third kappa shape index (κ3) is 5.30. The molecule has 2 heterocycles. The lowest BCUT2D eigenvalue weighted by Crippen LogP contribution is -2.47. The second-order valence-electron chi connectivity index (χ2n) is 6.66. The zero-order chi connectivity index (χ0) is 18.6. The number of carbonyl (C=O) groups is 1. The molecule has 0 aliphatic carbocycles. The third-order valence-corrected chi connectivity index (χ3v) is 5.90. The lowest BCUT2D eigenvalue weighted by atomic mass is 10.1. The molecular weight excluding hydrogens is 365 g/mol. The van der Waals surface area contributed by atoms with Crippen molar-refractivity contribution >= 4 is 17.7 Å². The molecule has 2 aliphatic heterocycles. The SMILES string of the molecule is O=C(c1ccc(OC(F)(F)F)cc1)N1CCCSC[C@H]1CN1CCCC1. The largest absolute Gasteiger partial charge is 0.573 e. The molecule has 0 radical (unpaired) electrons. The van der Waals surface area contributed by atoms with Gasteiger partial charge in [0.15, 0.2) is 0 Å². The van der Waals surface area contributed by atoms with E-state index < -0.39 is 6.36 Å². The van der Waals surface area contributed by atoms with Gasteiger partial charge in [0.05, 0.1) is 6.04 Å². The van der Waals surface area contributed by atoms with Gasteiger partial charge >= 0.3 is 6.36 Å². The fourth-order valence-corrected chi connectivity index (χ4v) is 4.53. The molecule has 0 aromatic heterocycles. The van der Waals surface area contributed by atoms with Crippen LogP contribution in [0.1, 0.15) is 29.6 Å². The van der Waals surface area contributed by atoms with Crippen LogP contribution >= 0.6 is 11.8 Å². The summed E-state index contributed by atoms with van der Waals surface area (Å²) in [6, 6.07) is 5.35. The Morgan fingerprint density at radius 3 is 2.46 bits per heavy atom. The third-order valence-electron chi connectivity index (χ3n) is 4.70. The Hall–Kier alpha value is -1.41. The van der Waals surface area contributed by atoms with E-state index in [0.29, 0.717) is 12.1 Å². The zero-order valence-electron chi connectivity index (χ0n) is 14.5. The molecule has 0 saturated carbocycles. The maximum absolute atomic E-state index is 13.0. The predicted molar refractivity (Wildman–Crippen MR) is 95.6 cm³/mol. The second kappa shape index (κ2) is 8.52. The number of ether oxygens (including phenoxy) is 1. The smallest absolute Gasteiger partial charge is 0.406 e. The summed E-state index contributed by atoms with van der Waals surface area (Å²) < 4.78 is 40.7. The van der Waals surface area contributed by atoms with E-state index in [9.17, 15) is 18.0 Å². The molecule has 26 heavy (non-hydrogen) atoms. The standard InChI is InChI=1S/C18H23F3N2O2S/c19-18(20,21)25-16-6-4-14(5-7-16)17(24)23-10-3-11-26-13-15(23)12-22-8-1-2-9-22/h4-7,15H,1-3,8-13H2/t15-/m1/s1. The summed E-state index contributed by atoms with van der Waals surface area (Å²) in [4.78, 5) is 17.3. The van der Waals surface area contributed by atoms with Gasteiger partial charge in [0.2, 0.25) is 0 Å². The lowest BCUT2D eigenvalue weighted by molar-refractivity contribution is -0.274. The number of rotatable bonds is 4. The van der Waals surface area contributed by atoms with E-state index in [4.69, 9.17) is 0 Å². The van der Waals surface area contributed by atoms with Crippen molar-refractivity contribution in [3.63, 3.8) is 0 Å². The molecule has 4 nitrogen and oxygen atoms in total. The van der Waals surface area contributed by atoms with Crippen LogP contribution in [0.5, 0.6) is 5.75 Å². The van der Waals surface area contributed by atoms with Gasteiger partial charge in [-0.3, -0.25) is 4.79 Å². The van der Waals surface area contributed by atoms with E-state index in [1.807, 2.05) is 16.7 Å². The van der Waals surface area contributed by atoms with Crippen molar-refractivity contribution in [1.29, 1.82) is 0 Å². The number of carbonyl (C=O) groups excluding carboxylic acids is 1. The fourth-order valence-electron chi connectivity index (χ4n) is 3.48. The summed E-state index contributed by atoms with van der Waals surface area (Å²) in [7, 11) is 0. The van der Waals surface area contributed by atoms with Crippen molar-refractivity contribution in [2.24, 2.45) is 0 Å². The molecule has 2 aliphatic rings. The molecule has 3 rings (SSSR count). The molecule has 144 valence electrons. The van der Waals surface area contributed by atoms with Crippen molar-refractivity contribution < 1.29 is 22.7 Å². The van der Waals surface area contributed by atoms with Crippen LogP contribution in [0.15, 0.2) is 24.3 Å². The lowest BCUT2D eigenvalue weighted by Gasteiger charge is -2.32. The number of likely N-dealkylation sites (tertiary alicyclic amines) is 1. The molecule has 1 amide bonds. The van der Waals surface area contributed by atoms with Crippen LogP contribution in [0.4, 0.5) is 13.2 Å². The molecule has 1 atom stereocenters. The Kier molecular flexibility index (Phi) is 6.34. The van der Waals surface area contributed by atoms with Gasteiger partial charge in [-0.2, -0.15) is 11.8 Å². The molecule has 1 aromatic carbocycles. The van der Waals surface area contributed by atoms with E-state index in [2.05, 4.69) is 9.64 Å². The first kappa shape index (κ1) is 19.4. The number of alkyl halides is 3. The Bertz CT molecular complexity index is 603. The number of amides is 1. The van der Waals surface area contributed by atoms with Crippen molar-refractivity contribution in [1.82, 2.24) is 9.80 Å². The summed E-state index contributed by atoms with van der Waals surface area (Å²) in [5.74, 6) is 1.50. The maximum atomic E-state index is 13.0. The molecule has 2 saturated heterocycles. The van der Waals surface area contributed by atoms with Crippen LogP contribution in [0, 0.1) is 0 Å². The molecule has 1 aromatic rings. The van der Waals surface area contributed by atoms with E-state index in [0.717, 1.165) is 37.6 Å². The number of thioether (sulfide) groups is 1. The minimum atomic E-state index is -4.73. The number of nitrogens with zero attached hydrogens (tertiary/aromatic N) is 2. The Morgan fingerprint density at radius 1 is 1.12 bits per heavy atom. The molecule has 2 fully saturated rings. The highest BCUT2D eigenvalue weighted by molar-refractivity contribution is 7.99. The Morgan fingerprint density at radius 2 is 1.81 bits per heavy atom. The van der Waals surface area contributed by atoms with Gasteiger partial charge in [0.1, 0.15) is 5.75 Å². The predicted octanol–water partition coefficient (Wildman–Crippen LogP) is 3.63. The van der Waals surface area contributed by atoms with Gasteiger partial charge in [-0.15, -0.1) is 13.2 Å². The number of hydrogen-bond acceptors (Lipinski definition) is 4. The van der Waals surface area contributed by atoms with E-state index >= 15 is 0 Å². The van der Waals surface area contributed by atoms with Crippen molar-refractivity contribution in [3.05, 3.63) is 29.8 Å². The first-order valence-corrected chi connectivity index (χ1v) is 10.0. The monoisotopic (exact) mass is 388 g/mol. The van der Waals surface area contributed by atoms with E-state index in [1.165, 1.54) is 37.1 Å². The second-order valence-corrected chi connectivity index (χ2v) is 7.81. The summed E-state index contributed by atoms with van der Waals surface area (Å²) >= 11 is 1.87. The topological polar surface area (TPSA) is 32.8 Å². The van der Waals surface area contributed by atoms with Crippen LogP contribution in [0.25, 0.3) is 0 Å². The van der Waals surface area contributed by atoms with Gasteiger partial charge < -0.3 is 14.5 Å². The van der Waals surface area contributed by atoms with Crippen LogP contribution < -0.4 is 4.74 Å². The molecular formula is C18H23F3N2O2S. The number of benzene rings is 1. The first-order chi connectivity index (χ1) is 12.4. The summed E-state index contributed by atoms with van der Waals surface area (Å²) in [5, 5.41) is 0. The quantitative estimate of drug-likeness (QED) is 0.789. The average Bonchev–Trinajstić information content (AvgIpc) is 2.98. The van der Waals surface area contributed by atoms with Gasteiger partial charge in [-0.25, -0.2) is 0 Å². The first-order valence-electron chi connectivity index (χ1n) is 8.89. The Balaban J connectivity index is 1.70. The summed E-state index contributed by atoms with van der Waals surface area (Å²) in [6.07, 6.45) is -1.39. The maximum Gasteiger partial charge on any atom is 0.573 e. The van der Waals surface area contributed by atoms with Gasteiger partial charge in [0, 0.05) is 24.4 Å². The minimum absolute atomic E-state index is 0.116. The number of hydrogen-bond donors (Lipinski definition) is 0. The highest BCUT2D eigenvalue weighted by Gasteiger charge is 2.32. The molecule has 0 unspecified atom stereocenters. The Labute approximate surface area is 155 Å².